The standard InChI is InChI=1S/C12H24N2O3S8/c1-2-25(17)5-13-3-18-7-21-10-22-8-19-4-14-12(16)24-11-23-9-20-6-15/h5,15H,2-4,6-11H2,1H3,(H,14,16). The van der Waals surface area contributed by atoms with Gasteiger partial charge in [0.05, 0.1) is 34.0 Å². The van der Waals surface area contributed by atoms with Crippen molar-refractivity contribution in [1.29, 1.82) is 0 Å². The van der Waals surface area contributed by atoms with E-state index in [0.29, 0.717) is 22.6 Å². The molecule has 0 fully saturated rings. The zero-order valence-corrected chi connectivity index (χ0v) is 20.5. The molecule has 0 aromatic carbocycles. The number of hydrogen-bond donors (Lipinski definition) is 2. The van der Waals surface area contributed by atoms with Gasteiger partial charge in [0.25, 0.3) is 5.24 Å². The van der Waals surface area contributed by atoms with E-state index in [1.54, 1.807) is 35.3 Å². The summed E-state index contributed by atoms with van der Waals surface area (Å²) >= 11 is 11.5. The number of aliphatic imine (C=N–C) groups is 1. The molecule has 148 valence electrons. The Labute approximate surface area is 182 Å². The number of aliphatic hydroxyl groups is 1. The molecule has 0 aromatic rings. The van der Waals surface area contributed by atoms with Crippen LogP contribution in [0.15, 0.2) is 4.99 Å². The fourth-order valence-electron chi connectivity index (χ4n) is 0.951. The van der Waals surface area contributed by atoms with Crippen molar-refractivity contribution in [2.45, 2.75) is 6.92 Å². The number of thioether (sulfide) groups is 7. The summed E-state index contributed by atoms with van der Waals surface area (Å²) in [6, 6.07) is 0. The minimum absolute atomic E-state index is 0.00864. The van der Waals surface area contributed by atoms with Gasteiger partial charge >= 0.3 is 0 Å². The number of carbonyl (C=O) groups excluding carboxylic acids is 1. The Hall–Kier alpha value is 1.70. The molecule has 0 heterocycles. The predicted octanol–water partition coefficient (Wildman–Crippen LogP) is 4.28. The summed E-state index contributed by atoms with van der Waals surface area (Å²) in [4.78, 5) is 15.6. The van der Waals surface area contributed by atoms with E-state index in [0.717, 1.165) is 20.3 Å². The molecule has 0 bridgehead atoms. The molecule has 5 nitrogen and oxygen atoms in total. The van der Waals surface area contributed by atoms with Gasteiger partial charge in [0.15, 0.2) is 0 Å². The van der Waals surface area contributed by atoms with E-state index in [1.807, 2.05) is 30.4 Å². The normalized spacial score (nSPS) is 12.6. The van der Waals surface area contributed by atoms with Gasteiger partial charge < -0.3 is 10.4 Å². The maximum Gasteiger partial charge on any atom is 0.280 e. The van der Waals surface area contributed by atoms with Gasteiger partial charge in [-0.3, -0.25) is 14.0 Å². The van der Waals surface area contributed by atoms with Gasteiger partial charge in [0.1, 0.15) is 0 Å². The van der Waals surface area contributed by atoms with Gasteiger partial charge in [0.2, 0.25) is 0 Å². The Kier molecular flexibility index (Phi) is 23.5. The second-order valence-corrected chi connectivity index (χ2v) is 14.0. The van der Waals surface area contributed by atoms with Gasteiger partial charge in [-0.05, 0) is 0 Å². The third-order valence-corrected chi connectivity index (χ3v) is 10.7. The topological polar surface area (TPSA) is 78.8 Å². The van der Waals surface area contributed by atoms with E-state index in [9.17, 15) is 9.00 Å². The first-order chi connectivity index (χ1) is 12.2. The van der Waals surface area contributed by atoms with Gasteiger partial charge in [-0.25, -0.2) is 0 Å². The molecule has 1 amide bonds. The number of nitrogens with zero attached hydrogens (tertiary/aromatic N) is 1. The first kappa shape index (κ1) is 26.7. The number of rotatable bonds is 17. The summed E-state index contributed by atoms with van der Waals surface area (Å²) < 4.78 is 11.1. The van der Waals surface area contributed by atoms with E-state index >= 15 is 0 Å². The maximum atomic E-state index is 11.5. The minimum atomic E-state index is -0.909. The first-order valence-corrected chi connectivity index (χ1v) is 16.3. The van der Waals surface area contributed by atoms with Crippen molar-refractivity contribution in [3.63, 3.8) is 0 Å². The molecule has 1 unspecified atom stereocenters. The molecule has 0 spiro atoms. The van der Waals surface area contributed by atoms with Gasteiger partial charge in [-0.2, -0.15) is 0 Å². The lowest BCUT2D eigenvalue weighted by Gasteiger charge is -2.04. The first-order valence-electron chi connectivity index (χ1n) is 7.05. The van der Waals surface area contributed by atoms with E-state index in [4.69, 9.17) is 5.11 Å². The third kappa shape index (κ3) is 21.9. The van der Waals surface area contributed by atoms with E-state index in [1.165, 1.54) is 29.1 Å². The van der Waals surface area contributed by atoms with Gasteiger partial charge in [-0.1, -0.05) is 18.7 Å². The molecule has 0 aliphatic rings. The molecule has 0 aromatic heterocycles. The van der Waals surface area contributed by atoms with Crippen LogP contribution in [0, 0.1) is 0 Å². The molecule has 0 aliphatic carbocycles. The maximum absolute atomic E-state index is 11.5. The third-order valence-electron chi connectivity index (χ3n) is 1.99. The molecule has 25 heavy (non-hydrogen) atoms. The van der Waals surface area contributed by atoms with E-state index in [2.05, 4.69) is 10.3 Å². The van der Waals surface area contributed by atoms with Crippen LogP contribution in [0.1, 0.15) is 6.92 Å². The number of carbonyl (C=O) groups is 1. The lowest BCUT2D eigenvalue weighted by Crippen LogP contribution is -2.17. The van der Waals surface area contributed by atoms with Crippen LogP contribution in [0.3, 0.4) is 0 Å². The zero-order chi connectivity index (χ0) is 18.6. The fourth-order valence-corrected chi connectivity index (χ4v) is 8.34. The number of amides is 1. The van der Waals surface area contributed by atoms with Crippen molar-refractivity contribution >= 4 is 104 Å². The van der Waals surface area contributed by atoms with Crippen molar-refractivity contribution in [3.05, 3.63) is 0 Å². The van der Waals surface area contributed by atoms with E-state index < -0.39 is 10.8 Å². The van der Waals surface area contributed by atoms with Crippen LogP contribution in [-0.2, 0) is 10.8 Å². The number of nitrogens with one attached hydrogen (secondary N) is 1. The average molecular weight is 501 g/mol. The van der Waals surface area contributed by atoms with Crippen LogP contribution in [0.25, 0.3) is 0 Å². The molecule has 13 heteroatoms. The highest BCUT2D eigenvalue weighted by atomic mass is 32.3. The summed E-state index contributed by atoms with van der Waals surface area (Å²) in [5.41, 5.74) is 1.53. The quantitative estimate of drug-likeness (QED) is 0.131. The molecule has 0 aliphatic heterocycles. The summed E-state index contributed by atoms with van der Waals surface area (Å²) in [6.07, 6.45) is 0. The lowest BCUT2D eigenvalue weighted by molar-refractivity contribution is 0.262. The Morgan fingerprint density at radius 3 is 2.40 bits per heavy atom. The highest BCUT2D eigenvalue weighted by molar-refractivity contribution is 8.27. The fraction of sp³-hybridized carbons (Fsp3) is 0.833. The Morgan fingerprint density at radius 1 is 1.04 bits per heavy atom. The van der Waals surface area contributed by atoms with Crippen molar-refractivity contribution in [2.24, 2.45) is 4.99 Å². The summed E-state index contributed by atoms with van der Waals surface area (Å²) in [7, 11) is -0.909. The largest absolute Gasteiger partial charge is 0.386 e. The monoisotopic (exact) mass is 500 g/mol. The van der Waals surface area contributed by atoms with Crippen molar-refractivity contribution in [3.8, 4) is 0 Å². The van der Waals surface area contributed by atoms with Crippen LogP contribution in [0.2, 0.25) is 0 Å². The molecule has 0 radical (unpaired) electrons. The average Bonchev–Trinajstić information content (AvgIpc) is 2.62. The van der Waals surface area contributed by atoms with Crippen LogP contribution in [0.5, 0.6) is 0 Å². The molecular weight excluding hydrogens is 477 g/mol. The van der Waals surface area contributed by atoms with Crippen molar-refractivity contribution < 1.29 is 14.1 Å². The Morgan fingerprint density at radius 2 is 1.68 bits per heavy atom. The van der Waals surface area contributed by atoms with Gasteiger partial charge in [0, 0.05) is 31.2 Å². The minimum Gasteiger partial charge on any atom is -0.386 e. The molecular formula is C12H24N2O3S8. The van der Waals surface area contributed by atoms with E-state index in [-0.39, 0.29) is 11.2 Å². The second-order valence-electron chi connectivity index (χ2n) is 3.78. The second kappa shape index (κ2) is 22.0. The molecule has 1 atom stereocenters. The zero-order valence-electron chi connectivity index (χ0n) is 13.9. The summed E-state index contributed by atoms with van der Waals surface area (Å²) in [6.45, 7) is 1.88. The van der Waals surface area contributed by atoms with Crippen molar-refractivity contribution in [1.82, 2.24) is 5.32 Å². The predicted molar refractivity (Wildman–Crippen MR) is 130 cm³/mol. The van der Waals surface area contributed by atoms with Crippen LogP contribution in [-0.4, -0.2) is 69.0 Å². The number of hydrogen-bond acceptors (Lipinski definition) is 11. The SMILES string of the molecule is CCS(=O)C=NCSCSCSCSCNC(=O)SCSCSCO. The Balaban J connectivity index is 3.21. The van der Waals surface area contributed by atoms with Crippen LogP contribution >= 0.6 is 82.3 Å². The lowest BCUT2D eigenvalue weighted by atomic mass is 11.0. The summed E-state index contributed by atoms with van der Waals surface area (Å²) in [5.74, 6) is 2.06. The Bertz CT molecular complexity index is 376. The molecule has 0 saturated heterocycles. The summed E-state index contributed by atoms with van der Waals surface area (Å²) in [5, 5.41) is 16.0. The van der Waals surface area contributed by atoms with Crippen molar-refractivity contribution in [2.75, 3.05) is 48.9 Å². The van der Waals surface area contributed by atoms with Crippen LogP contribution in [0.4, 0.5) is 4.79 Å². The number of aliphatic hydroxyl groups excluding tert-OH is 1. The molecule has 0 rings (SSSR count). The molecule has 0 saturated carbocycles. The van der Waals surface area contributed by atoms with Crippen LogP contribution < -0.4 is 5.32 Å². The smallest absolute Gasteiger partial charge is 0.280 e. The van der Waals surface area contributed by atoms with Gasteiger partial charge in [-0.15, -0.1) is 70.6 Å². The molecule has 2 N–H and O–H groups in total. The highest BCUT2D eigenvalue weighted by Gasteiger charge is 2.01. The highest BCUT2D eigenvalue weighted by Crippen LogP contribution is 2.21.